The van der Waals surface area contributed by atoms with Crippen molar-refractivity contribution < 1.29 is 9.90 Å². The lowest BCUT2D eigenvalue weighted by atomic mass is 10.2. The number of hydrogen-bond acceptors (Lipinski definition) is 4. The molecule has 2 heterocycles. The van der Waals surface area contributed by atoms with Gasteiger partial charge in [-0.05, 0) is 19.1 Å². The number of rotatable bonds is 4. The molecule has 0 fully saturated rings. The molecular formula is C14H13N3O2S. The Labute approximate surface area is 119 Å². The van der Waals surface area contributed by atoms with Crippen molar-refractivity contribution in [1.29, 1.82) is 0 Å². The van der Waals surface area contributed by atoms with E-state index in [-0.39, 0.29) is 5.56 Å². The molecule has 1 N–H and O–H groups in total. The van der Waals surface area contributed by atoms with Crippen molar-refractivity contribution in [3.05, 3.63) is 46.2 Å². The monoisotopic (exact) mass is 287 g/mol. The summed E-state index contributed by atoms with van der Waals surface area (Å²) < 4.78 is 1.97. The summed E-state index contributed by atoms with van der Waals surface area (Å²) in [6, 6.07) is 5.21. The Morgan fingerprint density at radius 2 is 2.30 bits per heavy atom. The standard InChI is InChI=1S/C14H13N3O2S/c1-9-16-10(7-20-9)5-6-17-8-15-13-11(14(18)19)3-2-4-12(13)17/h2-4,7-8H,5-6H2,1H3,(H,18,19). The molecule has 6 heteroatoms. The van der Waals surface area contributed by atoms with Gasteiger partial charge in [0.2, 0.25) is 0 Å². The quantitative estimate of drug-likeness (QED) is 0.801. The molecule has 2 aromatic heterocycles. The lowest BCUT2D eigenvalue weighted by Crippen LogP contribution is -2.01. The average molecular weight is 287 g/mol. The van der Waals surface area contributed by atoms with Crippen LogP contribution in [0.4, 0.5) is 0 Å². The minimum Gasteiger partial charge on any atom is -0.478 e. The van der Waals surface area contributed by atoms with E-state index in [9.17, 15) is 4.79 Å². The highest BCUT2D eigenvalue weighted by molar-refractivity contribution is 7.09. The smallest absolute Gasteiger partial charge is 0.337 e. The minimum atomic E-state index is -0.948. The maximum atomic E-state index is 11.1. The number of aromatic carboxylic acids is 1. The highest BCUT2D eigenvalue weighted by Gasteiger charge is 2.12. The topological polar surface area (TPSA) is 68.0 Å². The van der Waals surface area contributed by atoms with Crippen molar-refractivity contribution in [3.8, 4) is 0 Å². The molecule has 0 aliphatic rings. The summed E-state index contributed by atoms with van der Waals surface area (Å²) in [7, 11) is 0. The number of carbonyl (C=O) groups is 1. The number of nitrogens with zero attached hydrogens (tertiary/aromatic N) is 3. The Hall–Kier alpha value is -2.21. The number of benzene rings is 1. The molecule has 0 aliphatic carbocycles. The van der Waals surface area contributed by atoms with Gasteiger partial charge in [0.15, 0.2) is 0 Å². The van der Waals surface area contributed by atoms with Gasteiger partial charge in [-0.25, -0.2) is 14.8 Å². The third-order valence-electron chi connectivity index (χ3n) is 3.16. The second kappa shape index (κ2) is 5.05. The Morgan fingerprint density at radius 1 is 1.45 bits per heavy atom. The second-order valence-corrected chi connectivity index (χ2v) is 5.59. The molecule has 3 rings (SSSR count). The van der Waals surface area contributed by atoms with Crippen molar-refractivity contribution in [3.63, 3.8) is 0 Å². The molecule has 0 unspecified atom stereocenters. The third kappa shape index (κ3) is 2.30. The molecule has 0 amide bonds. The number of fused-ring (bicyclic) bond motifs is 1. The van der Waals surface area contributed by atoms with Gasteiger partial charge in [-0.2, -0.15) is 0 Å². The van der Waals surface area contributed by atoms with Crippen molar-refractivity contribution in [2.45, 2.75) is 19.9 Å². The fraction of sp³-hybridized carbons (Fsp3) is 0.214. The Morgan fingerprint density at radius 3 is 3.00 bits per heavy atom. The first-order chi connectivity index (χ1) is 9.65. The largest absolute Gasteiger partial charge is 0.478 e. The van der Waals surface area contributed by atoms with E-state index in [0.717, 1.165) is 29.2 Å². The molecular weight excluding hydrogens is 274 g/mol. The van der Waals surface area contributed by atoms with Crippen LogP contribution in [0.2, 0.25) is 0 Å². The van der Waals surface area contributed by atoms with E-state index in [4.69, 9.17) is 5.11 Å². The van der Waals surface area contributed by atoms with Gasteiger partial charge in [0.25, 0.3) is 0 Å². The molecule has 5 nitrogen and oxygen atoms in total. The van der Waals surface area contributed by atoms with Crippen molar-refractivity contribution in [1.82, 2.24) is 14.5 Å². The number of aromatic nitrogens is 3. The molecule has 1 aromatic carbocycles. The predicted octanol–water partition coefficient (Wildman–Crippen LogP) is 2.74. The van der Waals surface area contributed by atoms with E-state index in [1.165, 1.54) is 0 Å². The van der Waals surface area contributed by atoms with Crippen LogP contribution < -0.4 is 0 Å². The summed E-state index contributed by atoms with van der Waals surface area (Å²) in [5, 5.41) is 12.3. The van der Waals surface area contributed by atoms with Crippen molar-refractivity contribution in [2.75, 3.05) is 0 Å². The number of thiazole rings is 1. The molecule has 0 saturated heterocycles. The van der Waals surface area contributed by atoms with Crippen LogP contribution in [-0.2, 0) is 13.0 Å². The summed E-state index contributed by atoms with van der Waals surface area (Å²) in [5.74, 6) is -0.948. The zero-order valence-corrected chi connectivity index (χ0v) is 11.7. The van der Waals surface area contributed by atoms with Crippen molar-refractivity contribution in [2.24, 2.45) is 0 Å². The number of hydrogen-bond donors (Lipinski definition) is 1. The van der Waals surface area contributed by atoms with Crippen LogP contribution in [0.25, 0.3) is 11.0 Å². The van der Waals surface area contributed by atoms with Crippen LogP contribution in [-0.4, -0.2) is 25.6 Å². The SMILES string of the molecule is Cc1nc(CCn2cnc3c(C(=O)O)cccc32)cs1. The summed E-state index contributed by atoms with van der Waals surface area (Å²) in [6.07, 6.45) is 2.50. The van der Waals surface area contributed by atoms with Crippen LogP contribution in [0.15, 0.2) is 29.9 Å². The lowest BCUT2D eigenvalue weighted by molar-refractivity contribution is 0.0699. The summed E-state index contributed by atoms with van der Waals surface area (Å²) in [4.78, 5) is 19.8. The van der Waals surface area contributed by atoms with Gasteiger partial charge >= 0.3 is 5.97 Å². The molecule has 3 aromatic rings. The van der Waals surface area contributed by atoms with E-state index < -0.39 is 5.97 Å². The first kappa shape index (κ1) is 12.8. The van der Waals surface area contributed by atoms with E-state index >= 15 is 0 Å². The zero-order chi connectivity index (χ0) is 14.1. The molecule has 0 saturated carbocycles. The summed E-state index contributed by atoms with van der Waals surface area (Å²) >= 11 is 1.64. The van der Waals surface area contributed by atoms with E-state index in [1.807, 2.05) is 17.6 Å². The molecule has 0 atom stereocenters. The number of carboxylic acids is 1. The fourth-order valence-corrected chi connectivity index (χ4v) is 2.84. The Bertz CT molecular complexity index is 776. The van der Waals surface area contributed by atoms with Crippen LogP contribution in [0.1, 0.15) is 21.1 Å². The summed E-state index contributed by atoms with van der Waals surface area (Å²) in [6.45, 7) is 2.72. The van der Waals surface area contributed by atoms with Gasteiger partial charge in [0.05, 0.1) is 28.1 Å². The zero-order valence-electron chi connectivity index (χ0n) is 10.9. The van der Waals surface area contributed by atoms with E-state index in [1.54, 1.807) is 29.8 Å². The molecule has 0 aliphatic heterocycles. The van der Waals surface area contributed by atoms with Crippen molar-refractivity contribution >= 4 is 28.3 Å². The Balaban J connectivity index is 1.89. The molecule has 20 heavy (non-hydrogen) atoms. The maximum Gasteiger partial charge on any atom is 0.337 e. The number of para-hydroxylation sites is 1. The van der Waals surface area contributed by atoms with Crippen LogP contribution >= 0.6 is 11.3 Å². The molecule has 0 radical (unpaired) electrons. The van der Waals surface area contributed by atoms with Gasteiger partial charge < -0.3 is 9.67 Å². The molecule has 0 spiro atoms. The van der Waals surface area contributed by atoms with Gasteiger partial charge in [-0.1, -0.05) is 6.07 Å². The fourth-order valence-electron chi connectivity index (χ4n) is 2.20. The van der Waals surface area contributed by atoms with Crippen LogP contribution in [0.3, 0.4) is 0 Å². The van der Waals surface area contributed by atoms with Crippen LogP contribution in [0.5, 0.6) is 0 Å². The highest BCUT2D eigenvalue weighted by atomic mass is 32.1. The highest BCUT2D eigenvalue weighted by Crippen LogP contribution is 2.18. The molecule has 0 bridgehead atoms. The summed E-state index contributed by atoms with van der Waals surface area (Å²) in [5.41, 5.74) is 2.68. The number of aryl methyl sites for hydroxylation is 3. The van der Waals surface area contributed by atoms with Gasteiger partial charge in [-0.3, -0.25) is 0 Å². The second-order valence-electron chi connectivity index (χ2n) is 4.52. The van der Waals surface area contributed by atoms with Gasteiger partial charge in [0.1, 0.15) is 5.52 Å². The number of carboxylic acid groups (broad SMARTS) is 1. The minimum absolute atomic E-state index is 0.241. The lowest BCUT2D eigenvalue weighted by Gasteiger charge is -2.03. The van der Waals surface area contributed by atoms with Crippen LogP contribution in [0, 0.1) is 6.92 Å². The maximum absolute atomic E-state index is 11.1. The predicted molar refractivity (Wildman–Crippen MR) is 77.2 cm³/mol. The average Bonchev–Trinajstić information content (AvgIpc) is 3.02. The Kier molecular flexibility index (Phi) is 3.23. The van der Waals surface area contributed by atoms with Gasteiger partial charge in [-0.15, -0.1) is 11.3 Å². The normalized spacial score (nSPS) is 11.1. The van der Waals surface area contributed by atoms with E-state index in [0.29, 0.717) is 5.52 Å². The first-order valence-electron chi connectivity index (χ1n) is 6.23. The van der Waals surface area contributed by atoms with E-state index in [2.05, 4.69) is 15.3 Å². The number of imidazole rings is 1. The first-order valence-corrected chi connectivity index (χ1v) is 7.11. The third-order valence-corrected chi connectivity index (χ3v) is 3.98. The molecule has 102 valence electrons. The van der Waals surface area contributed by atoms with Gasteiger partial charge in [0, 0.05) is 18.3 Å².